The second-order valence-electron chi connectivity index (χ2n) is 5.78. The van der Waals surface area contributed by atoms with E-state index in [0.717, 1.165) is 6.42 Å². The van der Waals surface area contributed by atoms with E-state index in [1.165, 1.54) is 12.3 Å². The number of amides is 1. The van der Waals surface area contributed by atoms with E-state index in [1.807, 2.05) is 0 Å². The Labute approximate surface area is 133 Å². The molecule has 0 bridgehead atoms. The van der Waals surface area contributed by atoms with Crippen molar-refractivity contribution in [3.8, 4) is 11.3 Å². The minimum absolute atomic E-state index is 0.0339. The summed E-state index contributed by atoms with van der Waals surface area (Å²) in [6.07, 6.45) is 3.01. The van der Waals surface area contributed by atoms with Crippen LogP contribution in [0.1, 0.15) is 18.7 Å². The molecular formula is C17H19FN2O3. The highest BCUT2D eigenvalue weighted by Gasteiger charge is 2.25. The van der Waals surface area contributed by atoms with Crippen molar-refractivity contribution in [2.75, 3.05) is 19.7 Å². The van der Waals surface area contributed by atoms with E-state index in [0.29, 0.717) is 43.1 Å². The first-order valence-corrected chi connectivity index (χ1v) is 7.75. The summed E-state index contributed by atoms with van der Waals surface area (Å²) < 4.78 is 19.2. The number of hydrogen-bond donors (Lipinski definition) is 1. The number of aromatic nitrogens is 1. The zero-order valence-corrected chi connectivity index (χ0v) is 12.7. The average Bonchev–Trinajstić information content (AvgIpc) is 3.22. The van der Waals surface area contributed by atoms with Crippen LogP contribution in [0.15, 0.2) is 34.9 Å². The first-order chi connectivity index (χ1) is 11.2. The van der Waals surface area contributed by atoms with Gasteiger partial charge in [0.15, 0.2) is 11.7 Å². The normalized spacial score (nSPS) is 17.7. The lowest BCUT2D eigenvalue weighted by Gasteiger charge is -2.15. The summed E-state index contributed by atoms with van der Waals surface area (Å²) in [5, 5.41) is 9.11. The molecular weight excluding hydrogens is 299 g/mol. The number of aryl methyl sites for hydroxylation is 1. The quantitative estimate of drug-likeness (QED) is 0.918. The van der Waals surface area contributed by atoms with E-state index >= 15 is 0 Å². The molecule has 0 radical (unpaired) electrons. The van der Waals surface area contributed by atoms with Crippen molar-refractivity contribution in [2.45, 2.75) is 19.3 Å². The number of likely N-dealkylation sites (tertiary alicyclic amines) is 1. The molecule has 2 aromatic rings. The van der Waals surface area contributed by atoms with Crippen molar-refractivity contribution in [1.29, 1.82) is 0 Å². The van der Waals surface area contributed by atoms with Gasteiger partial charge in [-0.15, -0.1) is 0 Å². The largest absolute Gasteiger partial charge is 0.441 e. The Morgan fingerprint density at radius 3 is 3.00 bits per heavy atom. The highest BCUT2D eigenvalue weighted by atomic mass is 19.1. The number of rotatable bonds is 5. The van der Waals surface area contributed by atoms with Crippen LogP contribution in [0, 0.1) is 11.7 Å². The molecule has 1 aromatic carbocycles. The number of benzene rings is 1. The minimum Gasteiger partial charge on any atom is -0.441 e. The summed E-state index contributed by atoms with van der Waals surface area (Å²) in [7, 11) is 0. The number of carbonyl (C=O) groups is 1. The van der Waals surface area contributed by atoms with E-state index in [2.05, 4.69) is 4.98 Å². The van der Waals surface area contributed by atoms with Crippen LogP contribution in [-0.2, 0) is 11.2 Å². The summed E-state index contributed by atoms with van der Waals surface area (Å²) >= 11 is 0. The molecule has 1 saturated heterocycles. The maximum Gasteiger partial charge on any atom is 0.223 e. The average molecular weight is 318 g/mol. The van der Waals surface area contributed by atoms with Gasteiger partial charge in [-0.05, 0) is 18.6 Å². The summed E-state index contributed by atoms with van der Waals surface area (Å²) in [6.45, 7) is 1.42. The van der Waals surface area contributed by atoms with Crippen LogP contribution in [0.5, 0.6) is 0 Å². The fourth-order valence-electron chi connectivity index (χ4n) is 2.79. The third-order valence-corrected chi connectivity index (χ3v) is 4.14. The molecule has 6 heteroatoms. The molecule has 1 aliphatic rings. The molecule has 0 saturated carbocycles. The van der Waals surface area contributed by atoms with Crippen molar-refractivity contribution in [3.63, 3.8) is 0 Å². The second-order valence-corrected chi connectivity index (χ2v) is 5.78. The van der Waals surface area contributed by atoms with Crippen LogP contribution < -0.4 is 0 Å². The number of halogens is 1. The van der Waals surface area contributed by atoms with Gasteiger partial charge in [0.2, 0.25) is 5.91 Å². The molecule has 1 amide bonds. The van der Waals surface area contributed by atoms with Crippen LogP contribution in [0.25, 0.3) is 11.3 Å². The van der Waals surface area contributed by atoms with Gasteiger partial charge in [-0.2, -0.15) is 0 Å². The molecule has 5 nitrogen and oxygen atoms in total. The zero-order chi connectivity index (χ0) is 16.2. The molecule has 1 aromatic heterocycles. The van der Waals surface area contributed by atoms with E-state index in [4.69, 9.17) is 9.52 Å². The number of hydrogen-bond acceptors (Lipinski definition) is 4. The Hall–Kier alpha value is -2.21. The molecule has 1 atom stereocenters. The number of aliphatic hydroxyl groups excluding tert-OH is 1. The van der Waals surface area contributed by atoms with E-state index in [1.54, 1.807) is 23.1 Å². The summed E-state index contributed by atoms with van der Waals surface area (Å²) in [4.78, 5) is 18.0. The van der Waals surface area contributed by atoms with Crippen molar-refractivity contribution in [1.82, 2.24) is 9.88 Å². The molecule has 2 heterocycles. The third-order valence-electron chi connectivity index (χ3n) is 4.14. The van der Waals surface area contributed by atoms with E-state index < -0.39 is 0 Å². The van der Waals surface area contributed by atoms with Gasteiger partial charge in [-0.3, -0.25) is 4.79 Å². The van der Waals surface area contributed by atoms with Gasteiger partial charge in [0.05, 0.1) is 11.8 Å². The van der Waals surface area contributed by atoms with Crippen LogP contribution in [0.4, 0.5) is 4.39 Å². The lowest BCUT2D eigenvalue weighted by atomic mass is 10.1. The summed E-state index contributed by atoms with van der Waals surface area (Å²) in [5.41, 5.74) is 0.364. The van der Waals surface area contributed by atoms with Crippen LogP contribution in [0.3, 0.4) is 0 Å². The van der Waals surface area contributed by atoms with Crippen molar-refractivity contribution < 1.29 is 18.7 Å². The number of oxazole rings is 1. The fraction of sp³-hybridized carbons (Fsp3) is 0.412. The van der Waals surface area contributed by atoms with Crippen molar-refractivity contribution >= 4 is 5.91 Å². The van der Waals surface area contributed by atoms with Gasteiger partial charge in [0, 0.05) is 38.5 Å². The predicted octanol–water partition coefficient (Wildman–Crippen LogP) is 2.25. The van der Waals surface area contributed by atoms with Crippen LogP contribution >= 0.6 is 0 Å². The molecule has 23 heavy (non-hydrogen) atoms. The maximum absolute atomic E-state index is 13.7. The van der Waals surface area contributed by atoms with Crippen molar-refractivity contribution in [3.05, 3.63) is 42.2 Å². The second kappa shape index (κ2) is 6.91. The van der Waals surface area contributed by atoms with Gasteiger partial charge < -0.3 is 14.4 Å². The molecule has 0 aliphatic carbocycles. The molecule has 0 spiro atoms. The van der Waals surface area contributed by atoms with Crippen LogP contribution in [0.2, 0.25) is 0 Å². The zero-order valence-electron chi connectivity index (χ0n) is 12.7. The van der Waals surface area contributed by atoms with E-state index in [9.17, 15) is 9.18 Å². The van der Waals surface area contributed by atoms with Gasteiger partial charge in [-0.25, -0.2) is 9.37 Å². The van der Waals surface area contributed by atoms with Gasteiger partial charge in [-0.1, -0.05) is 12.1 Å². The Kier molecular flexibility index (Phi) is 4.71. The lowest BCUT2D eigenvalue weighted by Crippen LogP contribution is -2.29. The van der Waals surface area contributed by atoms with Gasteiger partial charge >= 0.3 is 0 Å². The van der Waals surface area contributed by atoms with Gasteiger partial charge in [0.25, 0.3) is 0 Å². The third kappa shape index (κ3) is 3.59. The van der Waals surface area contributed by atoms with Gasteiger partial charge in [0.1, 0.15) is 5.82 Å². The van der Waals surface area contributed by atoms with Crippen LogP contribution in [-0.4, -0.2) is 40.6 Å². The summed E-state index contributed by atoms with van der Waals surface area (Å²) in [5.74, 6) is 0.653. The van der Waals surface area contributed by atoms with Crippen molar-refractivity contribution in [2.24, 2.45) is 5.92 Å². The Morgan fingerprint density at radius 2 is 2.26 bits per heavy atom. The molecule has 1 fully saturated rings. The standard InChI is InChI=1S/C17H19FN2O3/c18-14-4-2-1-3-13(14)15-9-19-16(23-15)5-6-17(22)20-8-7-12(10-20)11-21/h1-4,9,12,21H,5-8,10-11H2. The molecule has 3 rings (SSSR count). The number of aliphatic hydroxyl groups is 1. The number of nitrogens with zero attached hydrogens (tertiary/aromatic N) is 2. The monoisotopic (exact) mass is 318 g/mol. The first kappa shape index (κ1) is 15.7. The molecule has 1 unspecified atom stereocenters. The smallest absolute Gasteiger partial charge is 0.223 e. The molecule has 122 valence electrons. The van der Waals surface area contributed by atoms with E-state index in [-0.39, 0.29) is 24.2 Å². The lowest BCUT2D eigenvalue weighted by molar-refractivity contribution is -0.130. The SMILES string of the molecule is O=C(CCc1ncc(-c2ccccc2F)o1)N1CCC(CO)C1. The Morgan fingerprint density at radius 1 is 1.43 bits per heavy atom. The highest BCUT2D eigenvalue weighted by Crippen LogP contribution is 2.24. The topological polar surface area (TPSA) is 66.6 Å². The highest BCUT2D eigenvalue weighted by molar-refractivity contribution is 5.76. The molecule has 1 aliphatic heterocycles. The Bertz CT molecular complexity index is 686. The summed E-state index contributed by atoms with van der Waals surface area (Å²) in [6, 6.07) is 6.34. The fourth-order valence-corrected chi connectivity index (χ4v) is 2.79. The number of carbonyl (C=O) groups excluding carboxylic acids is 1. The Balaban J connectivity index is 1.58. The predicted molar refractivity (Wildman–Crippen MR) is 82.0 cm³/mol. The molecule has 1 N–H and O–H groups in total. The maximum atomic E-state index is 13.7. The minimum atomic E-state index is -0.363. The first-order valence-electron chi connectivity index (χ1n) is 7.75.